The molecule has 0 unspecified atom stereocenters. The maximum Gasteiger partial charge on any atom is 0.195 e. The molecule has 2 aromatic carbocycles. The summed E-state index contributed by atoms with van der Waals surface area (Å²) in [5.74, 6) is 0. The standard InChI is InChI=1S/C16H16Br2O4S2/c1-2-5-16(23(19,20)14-8-3-6-12(17)10-14)24(21,22)15-9-4-7-13(18)11-15/h3-4,6-11,16H,2,5H2,1H3. The van der Waals surface area contributed by atoms with Crippen molar-refractivity contribution in [3.63, 3.8) is 0 Å². The molecular weight excluding hydrogens is 480 g/mol. The molecule has 0 aliphatic heterocycles. The van der Waals surface area contributed by atoms with Crippen LogP contribution in [0.25, 0.3) is 0 Å². The zero-order valence-corrected chi connectivity index (χ0v) is 17.6. The first-order chi connectivity index (χ1) is 11.2. The molecule has 0 amide bonds. The van der Waals surface area contributed by atoms with Crippen LogP contribution in [0, 0.1) is 0 Å². The van der Waals surface area contributed by atoms with Gasteiger partial charge in [-0.15, -0.1) is 0 Å². The molecule has 0 N–H and O–H groups in total. The van der Waals surface area contributed by atoms with Crippen molar-refractivity contribution in [1.29, 1.82) is 0 Å². The Kier molecular flexibility index (Phi) is 6.28. The Hall–Kier alpha value is -0.700. The summed E-state index contributed by atoms with van der Waals surface area (Å²) in [5.41, 5.74) is 0. The van der Waals surface area contributed by atoms with Gasteiger partial charge in [-0.2, -0.15) is 0 Å². The van der Waals surface area contributed by atoms with E-state index in [9.17, 15) is 16.8 Å². The molecule has 0 fully saturated rings. The Labute approximate surface area is 159 Å². The summed E-state index contributed by atoms with van der Waals surface area (Å²) < 4.78 is 51.5. The Bertz CT molecular complexity index is 863. The highest BCUT2D eigenvalue weighted by atomic mass is 79.9. The minimum atomic E-state index is -4.04. The molecule has 0 aromatic heterocycles. The van der Waals surface area contributed by atoms with Gasteiger partial charge in [-0.3, -0.25) is 0 Å². The van der Waals surface area contributed by atoms with E-state index in [0.29, 0.717) is 15.4 Å². The van der Waals surface area contributed by atoms with Crippen molar-refractivity contribution in [2.75, 3.05) is 0 Å². The average molecular weight is 496 g/mol. The van der Waals surface area contributed by atoms with Gasteiger partial charge in [0, 0.05) is 8.95 Å². The lowest BCUT2D eigenvalue weighted by molar-refractivity contribution is 0.567. The van der Waals surface area contributed by atoms with Gasteiger partial charge in [-0.1, -0.05) is 57.3 Å². The van der Waals surface area contributed by atoms with Crippen molar-refractivity contribution in [2.45, 2.75) is 34.1 Å². The fourth-order valence-corrected chi connectivity index (χ4v) is 8.22. The van der Waals surface area contributed by atoms with E-state index in [2.05, 4.69) is 31.9 Å². The lowest BCUT2D eigenvalue weighted by Gasteiger charge is -2.18. The van der Waals surface area contributed by atoms with Crippen LogP contribution in [0.15, 0.2) is 67.3 Å². The molecule has 2 aromatic rings. The minimum absolute atomic E-state index is 0.00565. The molecule has 0 spiro atoms. The Balaban J connectivity index is 2.60. The maximum atomic E-state index is 13.0. The SMILES string of the molecule is CCCC(S(=O)(=O)c1cccc(Br)c1)S(=O)(=O)c1cccc(Br)c1. The molecule has 0 atom stereocenters. The van der Waals surface area contributed by atoms with Gasteiger partial charge in [0.05, 0.1) is 9.79 Å². The molecule has 2 rings (SSSR count). The molecule has 0 aliphatic carbocycles. The lowest BCUT2D eigenvalue weighted by atomic mass is 10.4. The molecule has 8 heteroatoms. The zero-order chi connectivity index (χ0) is 18.0. The van der Waals surface area contributed by atoms with Crippen molar-refractivity contribution in [2.24, 2.45) is 0 Å². The number of halogens is 2. The number of hydrogen-bond acceptors (Lipinski definition) is 4. The van der Waals surface area contributed by atoms with Crippen LogP contribution in [0.1, 0.15) is 19.8 Å². The summed E-state index contributed by atoms with van der Waals surface area (Å²) >= 11 is 6.46. The summed E-state index contributed by atoms with van der Waals surface area (Å²) in [7, 11) is -8.08. The quantitative estimate of drug-likeness (QED) is 0.587. The van der Waals surface area contributed by atoms with Crippen molar-refractivity contribution in [1.82, 2.24) is 0 Å². The van der Waals surface area contributed by atoms with Gasteiger partial charge in [0.25, 0.3) is 0 Å². The van der Waals surface area contributed by atoms with Crippen molar-refractivity contribution in [3.8, 4) is 0 Å². The van der Waals surface area contributed by atoms with Crippen LogP contribution in [0.2, 0.25) is 0 Å². The van der Waals surface area contributed by atoms with Gasteiger partial charge >= 0.3 is 0 Å². The summed E-state index contributed by atoms with van der Waals surface area (Å²) in [5, 5.41) is 0. The van der Waals surface area contributed by atoms with Crippen molar-refractivity contribution < 1.29 is 16.8 Å². The summed E-state index contributed by atoms with van der Waals surface area (Å²) in [6.07, 6.45) is 0.467. The number of rotatable bonds is 6. The highest BCUT2D eigenvalue weighted by molar-refractivity contribution is 9.10. The van der Waals surface area contributed by atoms with Gasteiger partial charge in [0.2, 0.25) is 0 Å². The number of sulfone groups is 2. The molecule has 0 bridgehead atoms. The molecular formula is C16H16Br2O4S2. The van der Waals surface area contributed by atoms with Gasteiger partial charge in [0.15, 0.2) is 24.3 Å². The molecule has 24 heavy (non-hydrogen) atoms. The topological polar surface area (TPSA) is 68.3 Å². The second kappa shape index (κ2) is 7.68. The molecule has 130 valence electrons. The van der Waals surface area contributed by atoms with E-state index in [1.165, 1.54) is 24.3 Å². The molecule has 0 saturated carbocycles. The third kappa shape index (κ3) is 4.09. The van der Waals surface area contributed by atoms with E-state index in [1.54, 1.807) is 31.2 Å². The monoisotopic (exact) mass is 494 g/mol. The van der Waals surface area contributed by atoms with Crippen LogP contribution in [-0.2, 0) is 19.7 Å². The maximum absolute atomic E-state index is 13.0. The van der Waals surface area contributed by atoms with Crippen molar-refractivity contribution >= 4 is 51.5 Å². The molecule has 0 aliphatic rings. The van der Waals surface area contributed by atoms with E-state index in [4.69, 9.17) is 0 Å². The smallest absolute Gasteiger partial charge is 0.195 e. The predicted molar refractivity (Wildman–Crippen MR) is 101 cm³/mol. The molecule has 4 nitrogen and oxygen atoms in total. The number of benzene rings is 2. The molecule has 0 heterocycles. The highest BCUT2D eigenvalue weighted by Gasteiger charge is 2.39. The van der Waals surface area contributed by atoms with E-state index in [-0.39, 0.29) is 16.2 Å². The van der Waals surface area contributed by atoms with Crippen LogP contribution < -0.4 is 0 Å². The van der Waals surface area contributed by atoms with E-state index >= 15 is 0 Å². The van der Waals surface area contributed by atoms with E-state index in [0.717, 1.165) is 0 Å². The zero-order valence-electron chi connectivity index (χ0n) is 12.8. The average Bonchev–Trinajstić information content (AvgIpc) is 2.52. The fourth-order valence-electron chi connectivity index (χ4n) is 2.30. The Morgan fingerprint density at radius 3 is 1.58 bits per heavy atom. The third-order valence-corrected chi connectivity index (χ3v) is 9.65. The van der Waals surface area contributed by atoms with E-state index < -0.39 is 24.3 Å². The largest absolute Gasteiger partial charge is 0.222 e. The first kappa shape index (κ1) is 19.6. The second-order valence-electron chi connectivity index (χ2n) is 5.22. The van der Waals surface area contributed by atoms with Gasteiger partial charge < -0.3 is 0 Å². The van der Waals surface area contributed by atoms with Gasteiger partial charge in [0.1, 0.15) is 0 Å². The summed E-state index contributed by atoms with van der Waals surface area (Å²) in [6.45, 7) is 1.76. The van der Waals surface area contributed by atoms with Gasteiger partial charge in [-0.25, -0.2) is 16.8 Å². The highest BCUT2D eigenvalue weighted by Crippen LogP contribution is 2.30. The molecule has 0 radical (unpaired) electrons. The summed E-state index contributed by atoms with van der Waals surface area (Å²) in [4.78, 5) is -0.0113. The first-order valence-corrected chi connectivity index (χ1v) is 11.9. The minimum Gasteiger partial charge on any atom is -0.222 e. The number of hydrogen-bond donors (Lipinski definition) is 0. The Morgan fingerprint density at radius 1 is 0.833 bits per heavy atom. The van der Waals surface area contributed by atoms with Gasteiger partial charge in [-0.05, 0) is 42.8 Å². The second-order valence-corrected chi connectivity index (χ2v) is 11.6. The Morgan fingerprint density at radius 2 is 1.25 bits per heavy atom. The van der Waals surface area contributed by atoms with Crippen LogP contribution in [0.3, 0.4) is 0 Å². The third-order valence-electron chi connectivity index (χ3n) is 3.47. The fraction of sp³-hybridized carbons (Fsp3) is 0.250. The van der Waals surface area contributed by atoms with Crippen LogP contribution in [0.5, 0.6) is 0 Å². The molecule has 0 saturated heterocycles. The van der Waals surface area contributed by atoms with Crippen molar-refractivity contribution in [3.05, 3.63) is 57.5 Å². The first-order valence-electron chi connectivity index (χ1n) is 7.18. The van der Waals surface area contributed by atoms with E-state index in [1.807, 2.05) is 0 Å². The van der Waals surface area contributed by atoms with Crippen LogP contribution >= 0.6 is 31.9 Å². The lowest BCUT2D eigenvalue weighted by Crippen LogP contribution is -2.30. The van der Waals surface area contributed by atoms with Crippen LogP contribution in [-0.4, -0.2) is 21.4 Å². The predicted octanol–water partition coefficient (Wildman–Crippen LogP) is 4.59. The normalized spacial score (nSPS) is 12.5. The summed E-state index contributed by atoms with van der Waals surface area (Å²) in [6, 6.07) is 12.2. The van der Waals surface area contributed by atoms with Crippen LogP contribution in [0.4, 0.5) is 0 Å².